The maximum Gasteiger partial charge on any atom is 0.186 e. The quantitative estimate of drug-likeness (QED) is 0.708. The van der Waals surface area contributed by atoms with E-state index in [1.807, 2.05) is 37.3 Å². The molecule has 0 N–H and O–H groups in total. The zero-order valence-electron chi connectivity index (χ0n) is 7.03. The van der Waals surface area contributed by atoms with Crippen molar-refractivity contribution in [3.63, 3.8) is 0 Å². The van der Waals surface area contributed by atoms with Crippen molar-refractivity contribution in [3.05, 3.63) is 35.9 Å². The first-order chi connectivity index (χ1) is 5.70. The van der Waals surface area contributed by atoms with Crippen molar-refractivity contribution in [2.75, 3.05) is 0 Å². The first kappa shape index (κ1) is 9.33. The van der Waals surface area contributed by atoms with Crippen LogP contribution in [0.25, 0.3) is 0 Å². The minimum absolute atomic E-state index is 0.0497. The minimum atomic E-state index is -0.0497. The van der Waals surface area contributed by atoms with Crippen LogP contribution in [0.1, 0.15) is 24.8 Å². The van der Waals surface area contributed by atoms with Crippen molar-refractivity contribution < 1.29 is 4.79 Å². The lowest BCUT2D eigenvalue weighted by atomic mass is 9.99. The summed E-state index contributed by atoms with van der Waals surface area (Å²) in [6.45, 7) is 2.03. The SMILES string of the molecule is CC(CC(=O)S)c1ccccc1. The third-order valence-electron chi connectivity index (χ3n) is 1.85. The highest BCUT2D eigenvalue weighted by molar-refractivity contribution is 7.96. The summed E-state index contributed by atoms with van der Waals surface area (Å²) in [7, 11) is 0. The molecule has 0 aromatic heterocycles. The van der Waals surface area contributed by atoms with Gasteiger partial charge in [-0.05, 0) is 11.5 Å². The Morgan fingerprint density at radius 3 is 2.50 bits per heavy atom. The Hall–Kier alpha value is -0.760. The zero-order chi connectivity index (χ0) is 8.97. The Morgan fingerprint density at radius 1 is 1.42 bits per heavy atom. The lowest BCUT2D eigenvalue weighted by Crippen LogP contribution is -1.97. The van der Waals surface area contributed by atoms with Crippen LogP contribution in [0.4, 0.5) is 0 Å². The molecule has 0 spiro atoms. The van der Waals surface area contributed by atoms with Crippen molar-refractivity contribution >= 4 is 17.7 Å². The van der Waals surface area contributed by atoms with Gasteiger partial charge < -0.3 is 0 Å². The van der Waals surface area contributed by atoms with Gasteiger partial charge in [0, 0.05) is 6.42 Å². The third kappa shape index (κ3) is 2.70. The molecule has 0 radical (unpaired) electrons. The van der Waals surface area contributed by atoms with Gasteiger partial charge in [0.05, 0.1) is 0 Å². The first-order valence-electron chi connectivity index (χ1n) is 3.97. The maximum absolute atomic E-state index is 10.7. The molecular formula is C10H12OS. The van der Waals surface area contributed by atoms with Gasteiger partial charge in [-0.2, -0.15) is 0 Å². The largest absolute Gasteiger partial charge is 0.287 e. The molecule has 1 nitrogen and oxygen atoms in total. The summed E-state index contributed by atoms with van der Waals surface area (Å²) in [5, 5.41) is -0.0497. The molecule has 0 aliphatic rings. The van der Waals surface area contributed by atoms with E-state index in [1.165, 1.54) is 5.56 Å². The van der Waals surface area contributed by atoms with Crippen LogP contribution in [0.2, 0.25) is 0 Å². The van der Waals surface area contributed by atoms with Gasteiger partial charge >= 0.3 is 0 Å². The molecule has 1 rings (SSSR count). The van der Waals surface area contributed by atoms with E-state index in [1.54, 1.807) is 0 Å². The number of rotatable bonds is 3. The second kappa shape index (κ2) is 4.31. The van der Waals surface area contributed by atoms with Gasteiger partial charge in [0.25, 0.3) is 0 Å². The van der Waals surface area contributed by atoms with Crippen LogP contribution in [0.5, 0.6) is 0 Å². The molecule has 64 valence electrons. The van der Waals surface area contributed by atoms with E-state index in [0.29, 0.717) is 6.42 Å². The molecule has 0 aliphatic heterocycles. The summed E-state index contributed by atoms with van der Waals surface area (Å²) in [5.74, 6) is 0.274. The second-order valence-corrected chi connectivity index (χ2v) is 3.41. The van der Waals surface area contributed by atoms with E-state index >= 15 is 0 Å². The van der Waals surface area contributed by atoms with Crippen molar-refractivity contribution in [2.24, 2.45) is 0 Å². The van der Waals surface area contributed by atoms with Crippen LogP contribution in [-0.2, 0) is 4.79 Å². The Balaban J connectivity index is 2.65. The van der Waals surface area contributed by atoms with Crippen LogP contribution >= 0.6 is 12.6 Å². The Labute approximate surface area is 78.2 Å². The predicted octanol–water partition coefficient (Wildman–Crippen LogP) is 2.64. The highest BCUT2D eigenvalue weighted by Crippen LogP contribution is 2.18. The Morgan fingerprint density at radius 2 is 2.00 bits per heavy atom. The fourth-order valence-corrected chi connectivity index (χ4v) is 1.44. The summed E-state index contributed by atoms with van der Waals surface area (Å²) >= 11 is 3.75. The number of benzene rings is 1. The second-order valence-electron chi connectivity index (χ2n) is 2.91. The molecule has 0 bridgehead atoms. The molecule has 2 heteroatoms. The van der Waals surface area contributed by atoms with Crippen molar-refractivity contribution in [1.82, 2.24) is 0 Å². The number of carbonyl (C=O) groups excluding carboxylic acids is 1. The fraction of sp³-hybridized carbons (Fsp3) is 0.300. The zero-order valence-corrected chi connectivity index (χ0v) is 7.92. The molecule has 0 saturated carbocycles. The van der Waals surface area contributed by atoms with Crippen LogP contribution < -0.4 is 0 Å². The summed E-state index contributed by atoms with van der Waals surface area (Å²) < 4.78 is 0. The maximum atomic E-state index is 10.7. The van der Waals surface area contributed by atoms with E-state index in [0.717, 1.165) is 0 Å². The summed E-state index contributed by atoms with van der Waals surface area (Å²) in [6.07, 6.45) is 0.507. The molecule has 1 atom stereocenters. The monoisotopic (exact) mass is 180 g/mol. The molecule has 0 saturated heterocycles. The molecule has 1 unspecified atom stereocenters. The summed E-state index contributed by atoms with van der Waals surface area (Å²) in [6, 6.07) is 9.99. The highest BCUT2D eigenvalue weighted by Gasteiger charge is 2.06. The van der Waals surface area contributed by atoms with E-state index in [-0.39, 0.29) is 11.0 Å². The molecule has 1 aromatic carbocycles. The Bertz CT molecular complexity index is 256. The van der Waals surface area contributed by atoms with Gasteiger partial charge in [-0.3, -0.25) is 4.79 Å². The van der Waals surface area contributed by atoms with E-state index in [2.05, 4.69) is 12.6 Å². The molecule has 12 heavy (non-hydrogen) atoms. The average molecular weight is 180 g/mol. The van der Waals surface area contributed by atoms with Crippen molar-refractivity contribution in [1.29, 1.82) is 0 Å². The Kier molecular flexibility index (Phi) is 3.35. The molecule has 0 aliphatic carbocycles. The van der Waals surface area contributed by atoms with Crippen LogP contribution in [-0.4, -0.2) is 5.12 Å². The van der Waals surface area contributed by atoms with Crippen LogP contribution in [0.15, 0.2) is 30.3 Å². The van der Waals surface area contributed by atoms with Crippen molar-refractivity contribution in [2.45, 2.75) is 19.3 Å². The summed E-state index contributed by atoms with van der Waals surface area (Å²) in [5.41, 5.74) is 1.19. The number of hydrogen-bond acceptors (Lipinski definition) is 1. The minimum Gasteiger partial charge on any atom is -0.287 e. The van der Waals surface area contributed by atoms with Gasteiger partial charge in [0.1, 0.15) is 0 Å². The van der Waals surface area contributed by atoms with E-state index in [9.17, 15) is 4.79 Å². The lowest BCUT2D eigenvalue weighted by Gasteiger charge is -2.07. The molecular weight excluding hydrogens is 168 g/mol. The normalized spacial score (nSPS) is 12.5. The van der Waals surface area contributed by atoms with Gasteiger partial charge in [0.15, 0.2) is 5.12 Å². The highest BCUT2D eigenvalue weighted by atomic mass is 32.1. The molecule has 0 fully saturated rings. The number of thiol groups is 1. The van der Waals surface area contributed by atoms with E-state index < -0.39 is 0 Å². The standard InChI is InChI=1S/C10H12OS/c1-8(7-10(11)12)9-5-3-2-4-6-9/h2-6,8H,7H2,1H3,(H,11,12). The predicted molar refractivity (Wildman–Crippen MR) is 53.5 cm³/mol. The fourth-order valence-electron chi connectivity index (χ4n) is 1.16. The number of hydrogen-bond donors (Lipinski definition) is 1. The smallest absolute Gasteiger partial charge is 0.186 e. The van der Waals surface area contributed by atoms with E-state index in [4.69, 9.17) is 0 Å². The van der Waals surface area contributed by atoms with Gasteiger partial charge in [-0.1, -0.05) is 37.3 Å². The molecule has 0 amide bonds. The average Bonchev–Trinajstić information content (AvgIpc) is 2.05. The topological polar surface area (TPSA) is 17.1 Å². The third-order valence-corrected chi connectivity index (χ3v) is 2.03. The van der Waals surface area contributed by atoms with Gasteiger partial charge in [-0.25, -0.2) is 0 Å². The number of carbonyl (C=O) groups is 1. The van der Waals surface area contributed by atoms with Crippen molar-refractivity contribution in [3.8, 4) is 0 Å². The first-order valence-corrected chi connectivity index (χ1v) is 4.41. The lowest BCUT2D eigenvalue weighted by molar-refractivity contribution is -0.111. The van der Waals surface area contributed by atoms with Crippen LogP contribution in [0.3, 0.4) is 0 Å². The molecule has 0 heterocycles. The van der Waals surface area contributed by atoms with Crippen LogP contribution in [0, 0.1) is 0 Å². The van der Waals surface area contributed by atoms with Gasteiger partial charge in [-0.15, -0.1) is 12.6 Å². The summed E-state index contributed by atoms with van der Waals surface area (Å²) in [4.78, 5) is 10.7. The van der Waals surface area contributed by atoms with Gasteiger partial charge in [0.2, 0.25) is 0 Å². The molecule has 1 aromatic rings.